The molecular formula is C19H36N2O4. The van der Waals surface area contributed by atoms with Gasteiger partial charge in [-0.3, -0.25) is 4.79 Å². The Balaban J connectivity index is 2.32. The van der Waals surface area contributed by atoms with Crippen molar-refractivity contribution >= 4 is 12.0 Å². The number of nitrogens with zero attached hydrogens (tertiary/aromatic N) is 1. The van der Waals surface area contributed by atoms with E-state index in [2.05, 4.69) is 5.32 Å². The predicted molar refractivity (Wildman–Crippen MR) is 98.3 cm³/mol. The monoisotopic (exact) mass is 356 g/mol. The topological polar surface area (TPSA) is 78.9 Å². The van der Waals surface area contributed by atoms with Crippen LogP contribution in [0.1, 0.15) is 73.6 Å². The number of likely N-dealkylation sites (tertiary alicyclic amines) is 1. The molecule has 0 radical (unpaired) electrons. The zero-order valence-electron chi connectivity index (χ0n) is 16.7. The smallest absolute Gasteiger partial charge is 0.410 e. The first kappa shape index (κ1) is 21.7. The van der Waals surface area contributed by atoms with Gasteiger partial charge in [-0.1, -0.05) is 0 Å². The molecule has 1 heterocycles. The van der Waals surface area contributed by atoms with Crippen LogP contribution in [0, 0.1) is 5.92 Å². The molecule has 1 saturated heterocycles. The second-order valence-corrected chi connectivity index (χ2v) is 8.86. The van der Waals surface area contributed by atoms with Gasteiger partial charge in [0.25, 0.3) is 0 Å². The molecule has 1 aliphatic rings. The Kier molecular flexibility index (Phi) is 7.72. The molecule has 25 heavy (non-hydrogen) atoms. The van der Waals surface area contributed by atoms with E-state index >= 15 is 0 Å². The van der Waals surface area contributed by atoms with E-state index in [1.165, 1.54) is 0 Å². The Bertz CT molecular complexity index is 443. The molecule has 2 N–H and O–H groups in total. The van der Waals surface area contributed by atoms with E-state index in [9.17, 15) is 14.7 Å². The van der Waals surface area contributed by atoms with Gasteiger partial charge >= 0.3 is 6.09 Å². The molecule has 0 saturated carbocycles. The van der Waals surface area contributed by atoms with Crippen LogP contribution in [0.5, 0.6) is 0 Å². The molecule has 1 fully saturated rings. The first-order valence-electron chi connectivity index (χ1n) is 9.38. The fourth-order valence-corrected chi connectivity index (χ4v) is 2.92. The van der Waals surface area contributed by atoms with E-state index in [0.717, 1.165) is 19.3 Å². The normalized spacial score (nSPS) is 18.0. The molecule has 0 aliphatic carbocycles. The summed E-state index contributed by atoms with van der Waals surface area (Å²) in [5.74, 6) is 0.0232. The van der Waals surface area contributed by atoms with Crippen LogP contribution in [0.25, 0.3) is 0 Å². The van der Waals surface area contributed by atoms with Crippen molar-refractivity contribution in [1.29, 1.82) is 0 Å². The van der Waals surface area contributed by atoms with E-state index in [1.807, 2.05) is 27.7 Å². The number of hydrogen-bond donors (Lipinski definition) is 2. The quantitative estimate of drug-likeness (QED) is 0.766. The molecular weight excluding hydrogens is 320 g/mol. The minimum absolute atomic E-state index is 0.0459. The van der Waals surface area contributed by atoms with Gasteiger partial charge < -0.3 is 20.1 Å². The van der Waals surface area contributed by atoms with Crippen LogP contribution in [0.15, 0.2) is 0 Å². The number of rotatable bonds is 6. The molecule has 0 spiro atoms. The first-order valence-corrected chi connectivity index (χ1v) is 9.38. The summed E-state index contributed by atoms with van der Waals surface area (Å²) in [4.78, 5) is 26.1. The summed E-state index contributed by atoms with van der Waals surface area (Å²) in [7, 11) is 0. The Morgan fingerprint density at radius 1 is 1.20 bits per heavy atom. The molecule has 1 aliphatic heterocycles. The summed E-state index contributed by atoms with van der Waals surface area (Å²) in [5.41, 5.74) is -1.15. The van der Waals surface area contributed by atoms with Crippen LogP contribution >= 0.6 is 0 Å². The van der Waals surface area contributed by atoms with Crippen LogP contribution < -0.4 is 5.32 Å². The summed E-state index contributed by atoms with van der Waals surface area (Å²) in [6, 6.07) is 0.0961. The highest BCUT2D eigenvalue weighted by atomic mass is 16.6. The van der Waals surface area contributed by atoms with Crippen molar-refractivity contribution in [3.05, 3.63) is 0 Å². The molecule has 0 unspecified atom stereocenters. The highest BCUT2D eigenvalue weighted by Crippen LogP contribution is 2.20. The van der Waals surface area contributed by atoms with Gasteiger partial charge in [-0.15, -0.1) is 0 Å². The van der Waals surface area contributed by atoms with Gasteiger partial charge in [-0.2, -0.15) is 0 Å². The van der Waals surface area contributed by atoms with Gasteiger partial charge in [-0.05, 0) is 73.6 Å². The highest BCUT2D eigenvalue weighted by Gasteiger charge is 2.30. The van der Waals surface area contributed by atoms with Crippen molar-refractivity contribution in [2.75, 3.05) is 13.1 Å². The Hall–Kier alpha value is -1.30. The molecule has 0 aromatic carbocycles. The van der Waals surface area contributed by atoms with Crippen molar-refractivity contribution in [3.8, 4) is 0 Å². The maximum Gasteiger partial charge on any atom is 0.410 e. The van der Waals surface area contributed by atoms with E-state index < -0.39 is 11.2 Å². The number of carbonyl (C=O) groups is 2. The fraction of sp³-hybridized carbons (Fsp3) is 0.895. The predicted octanol–water partition coefficient (Wildman–Crippen LogP) is 3.08. The molecule has 2 amide bonds. The van der Waals surface area contributed by atoms with Gasteiger partial charge in [-0.25, -0.2) is 4.79 Å². The summed E-state index contributed by atoms with van der Waals surface area (Å²) < 4.78 is 5.38. The zero-order chi connectivity index (χ0) is 19.3. The number of ether oxygens (including phenoxy) is 1. The standard InChI is InChI=1S/C19H36N2O4/c1-14(8-7-11-19(5,6)24)20-16(22)15-9-12-21(13-10-15)17(23)25-18(2,3)4/h14-15,24H,7-13H2,1-6H3,(H,20,22)/t14-/m1/s1. The summed E-state index contributed by atoms with van der Waals surface area (Å²) in [6.45, 7) is 12.3. The number of amides is 2. The summed E-state index contributed by atoms with van der Waals surface area (Å²) in [6.07, 6.45) is 3.49. The van der Waals surface area contributed by atoms with Crippen molar-refractivity contribution in [2.24, 2.45) is 5.92 Å². The Morgan fingerprint density at radius 3 is 2.24 bits per heavy atom. The van der Waals surface area contributed by atoms with E-state index in [-0.39, 0.29) is 24.0 Å². The van der Waals surface area contributed by atoms with Crippen LogP contribution in [-0.4, -0.2) is 52.3 Å². The maximum atomic E-state index is 12.4. The summed E-state index contributed by atoms with van der Waals surface area (Å²) in [5, 5.41) is 12.8. The van der Waals surface area contributed by atoms with Gasteiger partial charge in [0, 0.05) is 25.0 Å². The molecule has 1 atom stereocenters. The minimum Gasteiger partial charge on any atom is -0.444 e. The molecule has 6 nitrogen and oxygen atoms in total. The van der Waals surface area contributed by atoms with E-state index in [1.54, 1.807) is 18.7 Å². The molecule has 6 heteroatoms. The second kappa shape index (κ2) is 8.88. The maximum absolute atomic E-state index is 12.4. The molecule has 0 aromatic heterocycles. The summed E-state index contributed by atoms with van der Waals surface area (Å²) >= 11 is 0. The third-order valence-corrected chi connectivity index (χ3v) is 4.33. The third kappa shape index (κ3) is 9.10. The highest BCUT2D eigenvalue weighted by molar-refractivity contribution is 5.79. The van der Waals surface area contributed by atoms with Gasteiger partial charge in [0.2, 0.25) is 5.91 Å². The lowest BCUT2D eigenvalue weighted by Crippen LogP contribution is -2.46. The van der Waals surface area contributed by atoms with Crippen LogP contribution in [0.4, 0.5) is 4.79 Å². The zero-order valence-corrected chi connectivity index (χ0v) is 16.7. The molecule has 1 rings (SSSR count). The van der Waals surface area contributed by atoms with Crippen LogP contribution in [0.3, 0.4) is 0 Å². The Labute approximate surface area is 152 Å². The average molecular weight is 357 g/mol. The largest absolute Gasteiger partial charge is 0.444 e. The lowest BCUT2D eigenvalue weighted by molar-refractivity contribution is -0.127. The number of carbonyl (C=O) groups excluding carboxylic acids is 2. The van der Waals surface area contributed by atoms with Crippen molar-refractivity contribution in [2.45, 2.75) is 90.9 Å². The van der Waals surface area contributed by atoms with Crippen molar-refractivity contribution < 1.29 is 19.4 Å². The van der Waals surface area contributed by atoms with E-state index in [0.29, 0.717) is 25.9 Å². The van der Waals surface area contributed by atoms with Gasteiger partial charge in [0.05, 0.1) is 5.60 Å². The SMILES string of the molecule is C[C@H](CCCC(C)(C)O)NC(=O)C1CCN(C(=O)OC(C)(C)C)CC1. The van der Waals surface area contributed by atoms with Crippen molar-refractivity contribution in [3.63, 3.8) is 0 Å². The molecule has 0 bridgehead atoms. The number of hydrogen-bond acceptors (Lipinski definition) is 4. The van der Waals surface area contributed by atoms with Gasteiger partial charge in [0.15, 0.2) is 0 Å². The molecule has 0 aromatic rings. The van der Waals surface area contributed by atoms with Gasteiger partial charge in [0.1, 0.15) is 5.60 Å². The van der Waals surface area contributed by atoms with Crippen LogP contribution in [-0.2, 0) is 9.53 Å². The lowest BCUT2D eigenvalue weighted by Gasteiger charge is -2.33. The van der Waals surface area contributed by atoms with E-state index in [4.69, 9.17) is 4.74 Å². The second-order valence-electron chi connectivity index (χ2n) is 8.86. The Morgan fingerprint density at radius 2 is 1.76 bits per heavy atom. The first-order chi connectivity index (χ1) is 11.4. The number of piperidine rings is 1. The van der Waals surface area contributed by atoms with Crippen molar-refractivity contribution in [1.82, 2.24) is 10.2 Å². The minimum atomic E-state index is -0.655. The van der Waals surface area contributed by atoms with Crippen LogP contribution in [0.2, 0.25) is 0 Å². The fourth-order valence-electron chi connectivity index (χ4n) is 2.92. The third-order valence-electron chi connectivity index (χ3n) is 4.33. The number of nitrogens with one attached hydrogen (secondary N) is 1. The number of aliphatic hydroxyl groups is 1. The lowest BCUT2D eigenvalue weighted by atomic mass is 9.95. The average Bonchev–Trinajstić information content (AvgIpc) is 2.44. The molecule has 146 valence electrons.